The fourth-order valence-electron chi connectivity index (χ4n) is 1.91. The zero-order valence-electron chi connectivity index (χ0n) is 12.1. The second kappa shape index (κ2) is 7.48. The second-order valence-electron chi connectivity index (χ2n) is 4.87. The van der Waals surface area contributed by atoms with Gasteiger partial charge in [-0.1, -0.05) is 13.8 Å². The van der Waals surface area contributed by atoms with Gasteiger partial charge in [-0.05, 0) is 31.0 Å². The quantitative estimate of drug-likeness (QED) is 0.781. The average molecular weight is 302 g/mol. The van der Waals surface area contributed by atoms with E-state index in [2.05, 4.69) is 5.32 Å². The molecule has 1 aromatic rings. The van der Waals surface area contributed by atoms with Gasteiger partial charge in [0.15, 0.2) is 11.6 Å². The summed E-state index contributed by atoms with van der Waals surface area (Å²) >= 11 is 5.99. The number of halogens is 2. The lowest BCUT2D eigenvalue weighted by Crippen LogP contribution is -2.38. The Morgan fingerprint density at radius 1 is 1.40 bits per heavy atom. The summed E-state index contributed by atoms with van der Waals surface area (Å²) < 4.78 is 18.4. The van der Waals surface area contributed by atoms with Crippen LogP contribution in [0.25, 0.3) is 0 Å². The van der Waals surface area contributed by atoms with E-state index in [9.17, 15) is 9.18 Å². The molecule has 0 fully saturated rings. The number of nitrogens with one attached hydrogen (secondary N) is 1. The van der Waals surface area contributed by atoms with Crippen molar-refractivity contribution >= 4 is 17.5 Å². The second-order valence-corrected chi connectivity index (χ2v) is 5.14. The maximum absolute atomic E-state index is 13.6. The Morgan fingerprint density at radius 2 is 2.05 bits per heavy atom. The van der Waals surface area contributed by atoms with Crippen molar-refractivity contribution in [2.45, 2.75) is 26.7 Å². The molecule has 0 heterocycles. The summed E-state index contributed by atoms with van der Waals surface area (Å²) in [5.74, 6) is -0.242. The van der Waals surface area contributed by atoms with E-state index in [4.69, 9.17) is 16.3 Å². The summed E-state index contributed by atoms with van der Waals surface area (Å²) in [5.41, 5.74) is 0.168. The van der Waals surface area contributed by atoms with Gasteiger partial charge < -0.3 is 10.1 Å². The molecule has 112 valence electrons. The fraction of sp³-hybridized carbons (Fsp3) is 0.533. The molecule has 0 aromatic heterocycles. The molecule has 0 atom stereocenters. The highest BCUT2D eigenvalue weighted by molar-refractivity contribution is 6.18. The van der Waals surface area contributed by atoms with Crippen molar-refractivity contribution in [3.8, 4) is 5.75 Å². The van der Waals surface area contributed by atoms with E-state index in [0.29, 0.717) is 12.4 Å². The molecule has 1 N–H and O–H groups in total. The Bertz CT molecular complexity index is 453. The number of hydrogen-bond acceptors (Lipinski definition) is 2. The van der Waals surface area contributed by atoms with Crippen molar-refractivity contribution < 1.29 is 13.9 Å². The number of benzene rings is 1. The molecule has 1 amide bonds. The lowest BCUT2D eigenvalue weighted by Gasteiger charge is -2.29. The van der Waals surface area contributed by atoms with E-state index in [1.807, 2.05) is 13.8 Å². The van der Waals surface area contributed by atoms with Crippen LogP contribution in [-0.2, 0) is 0 Å². The Kier molecular flexibility index (Phi) is 6.27. The number of carbonyl (C=O) groups excluding carboxylic acids is 1. The van der Waals surface area contributed by atoms with E-state index in [1.165, 1.54) is 25.3 Å². The summed E-state index contributed by atoms with van der Waals surface area (Å²) in [4.78, 5) is 12.0. The van der Waals surface area contributed by atoms with Crippen molar-refractivity contribution in [3.63, 3.8) is 0 Å². The van der Waals surface area contributed by atoms with E-state index in [0.717, 1.165) is 12.8 Å². The standard InChI is InChI=1S/C15H21ClFNO2/c1-4-15(5-2,9-16)10-18-14(19)11-6-7-13(20-3)12(17)8-11/h6-8H,4-5,9-10H2,1-3H3,(H,18,19). The predicted molar refractivity (Wildman–Crippen MR) is 79.0 cm³/mol. The van der Waals surface area contributed by atoms with Crippen LogP contribution >= 0.6 is 11.6 Å². The number of ether oxygens (including phenoxy) is 1. The van der Waals surface area contributed by atoms with Crippen LogP contribution in [0.15, 0.2) is 18.2 Å². The van der Waals surface area contributed by atoms with Crippen LogP contribution in [0.4, 0.5) is 4.39 Å². The van der Waals surface area contributed by atoms with Crippen molar-refractivity contribution in [3.05, 3.63) is 29.6 Å². The molecule has 0 saturated heterocycles. The molecular weight excluding hydrogens is 281 g/mol. The number of amides is 1. The smallest absolute Gasteiger partial charge is 0.251 e. The Morgan fingerprint density at radius 3 is 2.50 bits per heavy atom. The highest BCUT2D eigenvalue weighted by atomic mass is 35.5. The van der Waals surface area contributed by atoms with E-state index < -0.39 is 5.82 Å². The van der Waals surface area contributed by atoms with Gasteiger partial charge in [0.2, 0.25) is 0 Å². The Hall–Kier alpha value is -1.29. The van der Waals surface area contributed by atoms with E-state index in [1.54, 1.807) is 0 Å². The SMILES string of the molecule is CCC(CC)(CCl)CNC(=O)c1ccc(OC)c(F)c1. The molecule has 5 heteroatoms. The molecule has 0 aliphatic carbocycles. The van der Waals surface area contributed by atoms with E-state index >= 15 is 0 Å². The highest BCUT2D eigenvalue weighted by Crippen LogP contribution is 2.27. The van der Waals surface area contributed by atoms with Gasteiger partial charge in [-0.25, -0.2) is 4.39 Å². The van der Waals surface area contributed by atoms with Crippen molar-refractivity contribution in [2.75, 3.05) is 19.5 Å². The molecule has 1 aromatic carbocycles. The molecular formula is C15H21ClFNO2. The summed E-state index contributed by atoms with van der Waals surface area (Å²) in [6, 6.07) is 4.16. The Balaban J connectivity index is 2.74. The number of methoxy groups -OCH3 is 1. The first kappa shape index (κ1) is 16.8. The number of hydrogen-bond donors (Lipinski definition) is 1. The van der Waals surface area contributed by atoms with Crippen LogP contribution in [-0.4, -0.2) is 25.4 Å². The third-order valence-corrected chi connectivity index (χ3v) is 4.39. The van der Waals surface area contributed by atoms with Crippen LogP contribution in [0.2, 0.25) is 0 Å². The van der Waals surface area contributed by atoms with E-state index in [-0.39, 0.29) is 22.6 Å². The largest absolute Gasteiger partial charge is 0.494 e. The van der Waals surface area contributed by atoms with Gasteiger partial charge in [-0.3, -0.25) is 4.79 Å². The molecule has 0 aliphatic rings. The lowest BCUT2D eigenvalue weighted by atomic mass is 9.84. The van der Waals surface area contributed by atoms with Gasteiger partial charge in [0.05, 0.1) is 7.11 Å². The fourth-order valence-corrected chi connectivity index (χ4v) is 2.39. The molecule has 0 aliphatic heterocycles. The topological polar surface area (TPSA) is 38.3 Å². The normalized spacial score (nSPS) is 11.2. The number of rotatable bonds is 7. The lowest BCUT2D eigenvalue weighted by molar-refractivity contribution is 0.0931. The number of alkyl halides is 1. The molecule has 0 radical (unpaired) electrons. The maximum Gasteiger partial charge on any atom is 0.251 e. The summed E-state index contributed by atoms with van der Waals surface area (Å²) in [7, 11) is 1.38. The molecule has 20 heavy (non-hydrogen) atoms. The first-order valence-corrected chi connectivity index (χ1v) is 7.23. The molecule has 0 unspecified atom stereocenters. The predicted octanol–water partition coefficient (Wildman–Crippen LogP) is 3.61. The third-order valence-electron chi connectivity index (χ3n) is 3.82. The molecule has 0 saturated carbocycles. The summed E-state index contributed by atoms with van der Waals surface area (Å²) in [6.07, 6.45) is 1.76. The van der Waals surface area contributed by atoms with Gasteiger partial charge in [0.1, 0.15) is 0 Å². The van der Waals surface area contributed by atoms with Crippen LogP contribution in [0.1, 0.15) is 37.0 Å². The minimum absolute atomic E-state index is 0.109. The minimum atomic E-state index is -0.547. The van der Waals surface area contributed by atoms with Crippen molar-refractivity contribution in [1.82, 2.24) is 5.32 Å². The summed E-state index contributed by atoms with van der Waals surface area (Å²) in [5, 5.41) is 2.83. The highest BCUT2D eigenvalue weighted by Gasteiger charge is 2.25. The first-order valence-electron chi connectivity index (χ1n) is 6.69. The molecule has 0 bridgehead atoms. The van der Waals surface area contributed by atoms with Gasteiger partial charge >= 0.3 is 0 Å². The van der Waals surface area contributed by atoms with Gasteiger partial charge in [-0.15, -0.1) is 11.6 Å². The van der Waals surface area contributed by atoms with Gasteiger partial charge in [0, 0.05) is 23.4 Å². The number of carbonyl (C=O) groups is 1. The van der Waals surface area contributed by atoms with Crippen LogP contribution < -0.4 is 10.1 Å². The van der Waals surface area contributed by atoms with Gasteiger partial charge in [-0.2, -0.15) is 0 Å². The van der Waals surface area contributed by atoms with Crippen LogP contribution in [0.5, 0.6) is 5.75 Å². The molecule has 3 nitrogen and oxygen atoms in total. The average Bonchev–Trinajstić information content (AvgIpc) is 2.49. The Labute approximate surface area is 124 Å². The first-order chi connectivity index (χ1) is 9.51. The summed E-state index contributed by atoms with van der Waals surface area (Å²) in [6.45, 7) is 4.58. The molecule has 1 rings (SSSR count). The third kappa shape index (κ3) is 3.85. The van der Waals surface area contributed by atoms with Gasteiger partial charge in [0.25, 0.3) is 5.91 Å². The van der Waals surface area contributed by atoms with Crippen molar-refractivity contribution in [1.29, 1.82) is 0 Å². The molecule has 0 spiro atoms. The maximum atomic E-state index is 13.6. The van der Waals surface area contributed by atoms with Crippen molar-refractivity contribution in [2.24, 2.45) is 5.41 Å². The minimum Gasteiger partial charge on any atom is -0.494 e. The zero-order valence-corrected chi connectivity index (χ0v) is 12.9. The van der Waals surface area contributed by atoms with Crippen LogP contribution in [0, 0.1) is 11.2 Å². The zero-order chi connectivity index (χ0) is 15.2. The monoisotopic (exact) mass is 301 g/mol. The van der Waals surface area contributed by atoms with Crippen LogP contribution in [0.3, 0.4) is 0 Å².